The van der Waals surface area contributed by atoms with Gasteiger partial charge in [0.2, 0.25) is 0 Å². The number of aliphatic hydroxyl groups is 1. The summed E-state index contributed by atoms with van der Waals surface area (Å²) in [6.45, 7) is 0.0563. The molecule has 0 fully saturated rings. The van der Waals surface area contributed by atoms with Gasteiger partial charge in [0.05, 0.1) is 18.3 Å². The van der Waals surface area contributed by atoms with Crippen molar-refractivity contribution in [1.29, 1.82) is 0 Å². The molecule has 0 aliphatic carbocycles. The second-order valence-corrected chi connectivity index (χ2v) is 5.54. The monoisotopic (exact) mass is 277 g/mol. The van der Waals surface area contributed by atoms with Crippen LogP contribution in [0.2, 0.25) is 0 Å². The fourth-order valence-electron chi connectivity index (χ4n) is 1.95. The zero-order chi connectivity index (χ0) is 13.7. The number of aliphatic hydroxyl groups excluding tert-OH is 1. The van der Waals surface area contributed by atoms with Crippen LogP contribution in [0, 0.1) is 0 Å². The number of nitrogens with zero attached hydrogens (tertiary/aromatic N) is 2. The summed E-state index contributed by atoms with van der Waals surface area (Å²) in [7, 11) is 3.78. The number of hydrogen-bond acceptors (Lipinski definition) is 4. The van der Waals surface area contributed by atoms with Crippen LogP contribution in [0.1, 0.15) is 5.56 Å². The minimum atomic E-state index is -0.429. The number of aromatic nitrogens is 2. The topological polar surface area (TPSA) is 50.1 Å². The molecule has 19 heavy (non-hydrogen) atoms. The average Bonchev–Trinajstić information content (AvgIpc) is 2.88. The van der Waals surface area contributed by atoms with Gasteiger partial charge in [-0.05, 0) is 12.6 Å². The van der Waals surface area contributed by atoms with Crippen molar-refractivity contribution < 1.29 is 5.11 Å². The zero-order valence-corrected chi connectivity index (χ0v) is 12.0. The van der Waals surface area contributed by atoms with Crippen LogP contribution >= 0.6 is 11.8 Å². The Morgan fingerprint density at radius 3 is 2.63 bits per heavy atom. The molecule has 1 aromatic heterocycles. The van der Waals surface area contributed by atoms with Crippen molar-refractivity contribution in [3.05, 3.63) is 48.3 Å². The highest BCUT2D eigenvalue weighted by Gasteiger charge is 2.29. The van der Waals surface area contributed by atoms with Gasteiger partial charge in [0.25, 0.3) is 0 Å². The van der Waals surface area contributed by atoms with Gasteiger partial charge in [0.15, 0.2) is 0 Å². The largest absolute Gasteiger partial charge is 0.394 e. The van der Waals surface area contributed by atoms with E-state index < -0.39 is 5.54 Å². The molecule has 1 atom stereocenters. The van der Waals surface area contributed by atoms with Crippen molar-refractivity contribution in [3.63, 3.8) is 0 Å². The van der Waals surface area contributed by atoms with Gasteiger partial charge in [-0.15, -0.1) is 11.8 Å². The van der Waals surface area contributed by atoms with E-state index in [0.717, 1.165) is 16.2 Å². The highest BCUT2D eigenvalue weighted by Crippen LogP contribution is 2.29. The Morgan fingerprint density at radius 1 is 1.37 bits per heavy atom. The van der Waals surface area contributed by atoms with E-state index in [1.807, 2.05) is 56.8 Å². The number of thioether (sulfide) groups is 1. The van der Waals surface area contributed by atoms with E-state index in [4.69, 9.17) is 0 Å². The van der Waals surface area contributed by atoms with Gasteiger partial charge in [0.1, 0.15) is 0 Å². The lowest BCUT2D eigenvalue weighted by molar-refractivity contribution is 0.187. The molecule has 2 N–H and O–H groups in total. The summed E-state index contributed by atoms with van der Waals surface area (Å²) in [4.78, 5) is 1.10. The van der Waals surface area contributed by atoms with Crippen LogP contribution in [-0.4, -0.2) is 34.3 Å². The third-order valence-electron chi connectivity index (χ3n) is 3.24. The van der Waals surface area contributed by atoms with Crippen molar-refractivity contribution in [2.45, 2.75) is 10.4 Å². The predicted octanol–water partition coefficient (Wildman–Crippen LogP) is 1.62. The molecule has 0 saturated heterocycles. The highest BCUT2D eigenvalue weighted by molar-refractivity contribution is 7.99. The molecule has 0 amide bonds. The van der Waals surface area contributed by atoms with E-state index in [0.29, 0.717) is 0 Å². The van der Waals surface area contributed by atoms with Gasteiger partial charge in [-0.1, -0.05) is 30.3 Å². The number of hydrogen-bond donors (Lipinski definition) is 2. The number of nitrogens with one attached hydrogen (secondary N) is 1. The van der Waals surface area contributed by atoms with Gasteiger partial charge in [-0.25, -0.2) is 0 Å². The molecule has 0 aliphatic heterocycles. The number of likely N-dealkylation sites (N-methyl/N-ethyl adjacent to an activating group) is 1. The Labute approximate surface area is 117 Å². The Bertz CT molecular complexity index is 508. The van der Waals surface area contributed by atoms with E-state index in [1.54, 1.807) is 16.4 Å². The SMILES string of the molecule is CNC(CO)(CSc1cnn(C)c1)c1ccccc1. The Hall–Kier alpha value is -1.30. The van der Waals surface area contributed by atoms with E-state index in [1.165, 1.54) is 0 Å². The maximum Gasteiger partial charge on any atom is 0.0761 e. The summed E-state index contributed by atoms with van der Waals surface area (Å²) >= 11 is 1.69. The summed E-state index contributed by atoms with van der Waals surface area (Å²) in [5.74, 6) is 0.746. The molecular weight excluding hydrogens is 258 g/mol. The van der Waals surface area contributed by atoms with Crippen molar-refractivity contribution in [1.82, 2.24) is 15.1 Å². The van der Waals surface area contributed by atoms with Gasteiger partial charge in [-0.3, -0.25) is 4.68 Å². The normalized spacial score (nSPS) is 14.3. The molecule has 1 heterocycles. The molecule has 102 valence electrons. The average molecular weight is 277 g/mol. The van der Waals surface area contributed by atoms with Crippen molar-refractivity contribution in [3.8, 4) is 0 Å². The molecule has 0 radical (unpaired) electrons. The minimum Gasteiger partial charge on any atom is -0.394 e. The summed E-state index contributed by atoms with van der Waals surface area (Å²) in [6, 6.07) is 10.0. The zero-order valence-electron chi connectivity index (χ0n) is 11.2. The maximum absolute atomic E-state index is 9.82. The van der Waals surface area contributed by atoms with Gasteiger partial charge >= 0.3 is 0 Å². The first-order valence-corrected chi connectivity index (χ1v) is 7.15. The predicted molar refractivity (Wildman–Crippen MR) is 78.2 cm³/mol. The summed E-state index contributed by atoms with van der Waals surface area (Å²) < 4.78 is 1.78. The van der Waals surface area contributed by atoms with Crippen LogP contribution in [-0.2, 0) is 12.6 Å². The second-order valence-electron chi connectivity index (χ2n) is 4.49. The quantitative estimate of drug-likeness (QED) is 0.788. The lowest BCUT2D eigenvalue weighted by Gasteiger charge is -2.31. The lowest BCUT2D eigenvalue weighted by Crippen LogP contribution is -2.45. The number of aryl methyl sites for hydroxylation is 1. The summed E-state index contributed by atoms with van der Waals surface area (Å²) in [5, 5.41) is 17.2. The van der Waals surface area contributed by atoms with Gasteiger partial charge in [-0.2, -0.15) is 5.10 Å². The molecular formula is C14H19N3OS. The highest BCUT2D eigenvalue weighted by atomic mass is 32.2. The minimum absolute atomic E-state index is 0.0563. The molecule has 0 bridgehead atoms. The van der Waals surface area contributed by atoms with Crippen LogP contribution in [0.15, 0.2) is 47.6 Å². The van der Waals surface area contributed by atoms with E-state index >= 15 is 0 Å². The van der Waals surface area contributed by atoms with Crippen LogP contribution in [0.25, 0.3) is 0 Å². The molecule has 5 heteroatoms. The maximum atomic E-state index is 9.82. The summed E-state index contributed by atoms with van der Waals surface area (Å²) in [5.41, 5.74) is 0.665. The molecule has 0 spiro atoms. The van der Waals surface area contributed by atoms with Crippen LogP contribution in [0.5, 0.6) is 0 Å². The van der Waals surface area contributed by atoms with E-state index in [9.17, 15) is 5.11 Å². The second kappa shape index (κ2) is 6.23. The van der Waals surface area contributed by atoms with Crippen LogP contribution in [0.3, 0.4) is 0 Å². The number of rotatable bonds is 6. The Morgan fingerprint density at radius 2 is 2.11 bits per heavy atom. The third kappa shape index (κ3) is 3.18. The fraction of sp³-hybridized carbons (Fsp3) is 0.357. The van der Waals surface area contributed by atoms with E-state index in [-0.39, 0.29) is 6.61 Å². The number of benzene rings is 1. The summed E-state index contributed by atoms with van der Waals surface area (Å²) in [6.07, 6.45) is 3.82. The fourth-order valence-corrected chi connectivity index (χ4v) is 3.12. The van der Waals surface area contributed by atoms with E-state index in [2.05, 4.69) is 10.4 Å². The first-order chi connectivity index (χ1) is 9.20. The molecule has 0 aliphatic rings. The molecule has 2 aromatic rings. The molecule has 0 saturated carbocycles. The standard InChI is InChI=1S/C14H19N3OS/c1-15-14(10-18,12-6-4-3-5-7-12)11-19-13-8-16-17(2)9-13/h3-9,15,18H,10-11H2,1-2H3. The van der Waals surface area contributed by atoms with Crippen LogP contribution in [0.4, 0.5) is 0 Å². The van der Waals surface area contributed by atoms with Gasteiger partial charge in [0, 0.05) is 23.9 Å². The van der Waals surface area contributed by atoms with Crippen molar-refractivity contribution in [2.24, 2.45) is 7.05 Å². The molecule has 1 aromatic carbocycles. The lowest BCUT2D eigenvalue weighted by atomic mass is 9.93. The van der Waals surface area contributed by atoms with Gasteiger partial charge < -0.3 is 10.4 Å². The van der Waals surface area contributed by atoms with Crippen molar-refractivity contribution >= 4 is 11.8 Å². The first kappa shape index (κ1) is 14.1. The molecule has 4 nitrogen and oxygen atoms in total. The van der Waals surface area contributed by atoms with Crippen LogP contribution < -0.4 is 5.32 Å². The first-order valence-electron chi connectivity index (χ1n) is 6.17. The molecule has 1 unspecified atom stereocenters. The van der Waals surface area contributed by atoms with Crippen molar-refractivity contribution in [2.75, 3.05) is 19.4 Å². The Balaban J connectivity index is 2.16. The smallest absolute Gasteiger partial charge is 0.0761 e. The Kier molecular flexibility index (Phi) is 4.63. The third-order valence-corrected chi connectivity index (χ3v) is 4.42. The molecule has 2 rings (SSSR count).